The third kappa shape index (κ3) is 2.83. The third-order valence-electron chi connectivity index (χ3n) is 1.95. The molecule has 0 aliphatic carbocycles. The zero-order valence-corrected chi connectivity index (χ0v) is 10.7. The molecule has 0 aliphatic heterocycles. The minimum atomic E-state index is -4.24. The molecule has 0 spiro atoms. The molecule has 90 valence electrons. The van der Waals surface area contributed by atoms with Gasteiger partial charge in [0.25, 0.3) is 15.7 Å². The molecule has 0 saturated heterocycles. The highest BCUT2D eigenvalue weighted by Crippen LogP contribution is 2.19. The van der Waals surface area contributed by atoms with Crippen LogP contribution in [0.2, 0.25) is 0 Å². The summed E-state index contributed by atoms with van der Waals surface area (Å²) < 4.78 is 31.1. The molecule has 0 aromatic carbocycles. The number of nitrogens with zero attached hydrogens (tertiary/aromatic N) is 1. The van der Waals surface area contributed by atoms with E-state index in [9.17, 15) is 18.3 Å². The molecule has 0 unspecified atom stereocenters. The topological polar surface area (TPSA) is 96.6 Å². The highest BCUT2D eigenvalue weighted by Gasteiger charge is 2.16. The Labute approximate surface area is 100 Å². The molecule has 0 amide bonds. The number of halogens is 1. The Morgan fingerprint density at radius 3 is 2.50 bits per heavy atom. The Morgan fingerprint density at radius 1 is 1.50 bits per heavy atom. The highest BCUT2D eigenvalue weighted by molar-refractivity contribution is 9.10. The summed E-state index contributed by atoms with van der Waals surface area (Å²) in [6.45, 7) is 1.92. The number of hydrogen-bond donors (Lipinski definition) is 2. The summed E-state index contributed by atoms with van der Waals surface area (Å²) in [6.07, 6.45) is 0. The van der Waals surface area contributed by atoms with E-state index < -0.39 is 21.4 Å². The zero-order valence-electron chi connectivity index (χ0n) is 8.34. The molecule has 2 N–H and O–H groups in total. The molecule has 0 fully saturated rings. The van der Waals surface area contributed by atoms with Gasteiger partial charge in [0.1, 0.15) is 5.75 Å². The molecule has 6 nitrogen and oxygen atoms in total. The molecule has 1 rings (SSSR count). The summed E-state index contributed by atoms with van der Waals surface area (Å²) in [5, 5.41) is 9.46. The van der Waals surface area contributed by atoms with Gasteiger partial charge in [-0.2, -0.15) is 8.42 Å². The average Bonchev–Trinajstić information content (AvgIpc) is 2.12. The number of rotatable bonds is 3. The second kappa shape index (κ2) is 4.56. The summed E-state index contributed by atoms with van der Waals surface area (Å²) in [4.78, 5) is 11.6. The molecule has 8 heteroatoms. The van der Waals surface area contributed by atoms with Crippen LogP contribution in [0.3, 0.4) is 0 Å². The van der Waals surface area contributed by atoms with Crippen LogP contribution in [0.25, 0.3) is 0 Å². The van der Waals surface area contributed by atoms with Gasteiger partial charge in [-0.05, 0) is 28.4 Å². The Balaban J connectivity index is 3.41. The minimum absolute atomic E-state index is 0.0183. The summed E-state index contributed by atoms with van der Waals surface area (Å²) in [7, 11) is -4.24. The van der Waals surface area contributed by atoms with Crippen molar-refractivity contribution < 1.29 is 18.1 Å². The zero-order chi connectivity index (χ0) is 12.5. The summed E-state index contributed by atoms with van der Waals surface area (Å²) in [6, 6.07) is 1.13. The fraction of sp³-hybridized carbons (Fsp3) is 0.375. The van der Waals surface area contributed by atoms with Crippen LogP contribution in [-0.4, -0.2) is 22.6 Å². The lowest BCUT2D eigenvalue weighted by Crippen LogP contribution is -2.21. The van der Waals surface area contributed by atoms with Crippen LogP contribution in [0.1, 0.15) is 12.5 Å². The standard InChI is InChI=1S/C8H10BrNO5S/c1-2-10-6(11)3-5(4-16(13,14)15)7(9)8(10)12/h3,11H,2,4H2,1H3,(H,13,14,15). The fourth-order valence-corrected chi connectivity index (χ4v) is 2.54. The van der Waals surface area contributed by atoms with Gasteiger partial charge in [0, 0.05) is 12.6 Å². The van der Waals surface area contributed by atoms with Crippen LogP contribution < -0.4 is 5.56 Å². The Hall–Kier alpha value is -0.860. The van der Waals surface area contributed by atoms with Gasteiger partial charge in [0.15, 0.2) is 5.88 Å². The van der Waals surface area contributed by atoms with Crippen molar-refractivity contribution in [3.05, 3.63) is 26.5 Å². The van der Waals surface area contributed by atoms with Crippen LogP contribution in [0.15, 0.2) is 15.3 Å². The van der Waals surface area contributed by atoms with Gasteiger partial charge in [-0.3, -0.25) is 13.9 Å². The maximum Gasteiger partial charge on any atom is 0.269 e. The summed E-state index contributed by atoms with van der Waals surface area (Å²) >= 11 is 2.94. The van der Waals surface area contributed by atoms with E-state index in [4.69, 9.17) is 4.55 Å². The van der Waals surface area contributed by atoms with Crippen LogP contribution in [0.5, 0.6) is 5.88 Å². The first-order chi connectivity index (χ1) is 7.26. The second-order valence-electron chi connectivity index (χ2n) is 3.12. The summed E-state index contributed by atoms with van der Waals surface area (Å²) in [5.41, 5.74) is -0.518. The molecular weight excluding hydrogens is 302 g/mol. The maximum absolute atomic E-state index is 11.6. The van der Waals surface area contributed by atoms with Crippen LogP contribution >= 0.6 is 15.9 Å². The van der Waals surface area contributed by atoms with Crippen molar-refractivity contribution in [2.75, 3.05) is 0 Å². The van der Waals surface area contributed by atoms with Gasteiger partial charge in [0.2, 0.25) is 0 Å². The Morgan fingerprint density at radius 2 is 2.06 bits per heavy atom. The lowest BCUT2D eigenvalue weighted by Gasteiger charge is -2.09. The predicted octanol–water partition coefficient (Wildman–Crippen LogP) is 0.724. The van der Waals surface area contributed by atoms with Crippen molar-refractivity contribution in [3.63, 3.8) is 0 Å². The van der Waals surface area contributed by atoms with E-state index in [0.717, 1.165) is 10.6 Å². The van der Waals surface area contributed by atoms with Crippen LogP contribution in [0, 0.1) is 0 Å². The first kappa shape index (κ1) is 13.2. The molecule has 0 bridgehead atoms. The predicted molar refractivity (Wildman–Crippen MR) is 61.0 cm³/mol. The molecule has 0 radical (unpaired) electrons. The first-order valence-electron chi connectivity index (χ1n) is 4.32. The number of pyridine rings is 1. The number of hydrogen-bond acceptors (Lipinski definition) is 4. The van der Waals surface area contributed by atoms with Gasteiger partial charge in [-0.1, -0.05) is 0 Å². The van der Waals surface area contributed by atoms with Crippen molar-refractivity contribution in [2.24, 2.45) is 0 Å². The fourth-order valence-electron chi connectivity index (χ4n) is 1.26. The van der Waals surface area contributed by atoms with E-state index in [-0.39, 0.29) is 22.5 Å². The molecule has 16 heavy (non-hydrogen) atoms. The summed E-state index contributed by atoms with van der Waals surface area (Å²) in [5.74, 6) is -1.06. The quantitative estimate of drug-likeness (QED) is 0.802. The SMILES string of the molecule is CCn1c(O)cc(CS(=O)(=O)O)c(Br)c1=O. The first-order valence-corrected chi connectivity index (χ1v) is 6.72. The van der Waals surface area contributed by atoms with E-state index >= 15 is 0 Å². The third-order valence-corrected chi connectivity index (χ3v) is 3.47. The van der Waals surface area contributed by atoms with Crippen molar-refractivity contribution in [2.45, 2.75) is 19.2 Å². The van der Waals surface area contributed by atoms with Gasteiger partial charge >= 0.3 is 0 Å². The number of aromatic hydroxyl groups is 1. The second-order valence-corrected chi connectivity index (χ2v) is 5.36. The van der Waals surface area contributed by atoms with E-state index in [1.807, 2.05) is 0 Å². The van der Waals surface area contributed by atoms with Crippen molar-refractivity contribution in [1.82, 2.24) is 4.57 Å². The monoisotopic (exact) mass is 311 g/mol. The Bertz CT molecular complexity index is 563. The molecule has 1 aromatic heterocycles. The average molecular weight is 312 g/mol. The Kier molecular flexibility index (Phi) is 3.76. The lowest BCUT2D eigenvalue weighted by atomic mass is 10.3. The normalized spacial score (nSPS) is 11.7. The van der Waals surface area contributed by atoms with E-state index in [1.165, 1.54) is 0 Å². The van der Waals surface area contributed by atoms with Gasteiger partial charge in [0.05, 0.1) is 4.47 Å². The van der Waals surface area contributed by atoms with Crippen LogP contribution in [0.4, 0.5) is 0 Å². The van der Waals surface area contributed by atoms with Crippen molar-refractivity contribution in [1.29, 1.82) is 0 Å². The largest absolute Gasteiger partial charge is 0.494 e. The molecule has 1 aromatic rings. The molecule has 0 atom stereocenters. The number of aromatic nitrogens is 1. The lowest BCUT2D eigenvalue weighted by molar-refractivity contribution is 0.410. The van der Waals surface area contributed by atoms with Crippen molar-refractivity contribution >= 4 is 26.0 Å². The minimum Gasteiger partial charge on any atom is -0.494 e. The van der Waals surface area contributed by atoms with E-state index in [2.05, 4.69) is 15.9 Å². The molecule has 0 saturated carbocycles. The van der Waals surface area contributed by atoms with Gasteiger partial charge in [-0.15, -0.1) is 0 Å². The van der Waals surface area contributed by atoms with Gasteiger partial charge < -0.3 is 5.11 Å². The molecular formula is C8H10BrNO5S. The van der Waals surface area contributed by atoms with Crippen molar-refractivity contribution in [3.8, 4) is 5.88 Å². The molecule has 0 aliphatic rings. The van der Waals surface area contributed by atoms with Crippen LogP contribution in [-0.2, 0) is 22.4 Å². The van der Waals surface area contributed by atoms with E-state index in [1.54, 1.807) is 6.92 Å². The molecule has 1 heterocycles. The maximum atomic E-state index is 11.6. The highest BCUT2D eigenvalue weighted by atomic mass is 79.9. The smallest absolute Gasteiger partial charge is 0.269 e. The van der Waals surface area contributed by atoms with Gasteiger partial charge in [-0.25, -0.2) is 0 Å². The van der Waals surface area contributed by atoms with E-state index in [0.29, 0.717) is 0 Å².